The highest BCUT2D eigenvalue weighted by molar-refractivity contribution is 5.85. The lowest BCUT2D eigenvalue weighted by molar-refractivity contribution is 0.696. The van der Waals surface area contributed by atoms with E-state index in [0.717, 1.165) is 13.1 Å². The minimum absolute atomic E-state index is 0. The third-order valence-corrected chi connectivity index (χ3v) is 0.642. The van der Waals surface area contributed by atoms with E-state index in [1.807, 2.05) is 0 Å². The van der Waals surface area contributed by atoms with Crippen LogP contribution in [-0.4, -0.2) is 26.2 Å². The van der Waals surface area contributed by atoms with Gasteiger partial charge < -0.3 is 16.8 Å². The highest BCUT2D eigenvalue weighted by Gasteiger charge is 1.76. The van der Waals surface area contributed by atoms with Crippen molar-refractivity contribution in [3.05, 3.63) is 0 Å². The third-order valence-electron chi connectivity index (χ3n) is 0.642. The molecule has 0 radical (unpaired) electrons. The van der Waals surface area contributed by atoms with E-state index in [9.17, 15) is 0 Å². The van der Waals surface area contributed by atoms with Gasteiger partial charge in [0, 0.05) is 26.2 Å². The second-order valence-electron chi connectivity index (χ2n) is 1.33. The van der Waals surface area contributed by atoms with Crippen molar-refractivity contribution in [1.82, 2.24) is 5.32 Å². The molecule has 0 aliphatic heterocycles. The van der Waals surface area contributed by atoms with Crippen LogP contribution in [0.2, 0.25) is 0 Å². The average molecular weight is 176 g/mol. The van der Waals surface area contributed by atoms with E-state index < -0.39 is 0 Å². The van der Waals surface area contributed by atoms with Crippen LogP contribution in [0.4, 0.5) is 0 Å². The Labute approximate surface area is 68.4 Å². The Balaban J connectivity index is -0.000000180. The lowest BCUT2D eigenvalue weighted by Crippen LogP contribution is -2.27. The molecule has 9 heavy (non-hydrogen) atoms. The highest BCUT2D eigenvalue weighted by atomic mass is 35.5. The molecule has 5 heteroatoms. The highest BCUT2D eigenvalue weighted by Crippen LogP contribution is 1.49. The maximum atomic E-state index is 5.17. The fourth-order valence-corrected chi connectivity index (χ4v) is 0.329. The molecule has 0 rings (SSSR count). The molecule has 5 N–H and O–H groups in total. The van der Waals surface area contributed by atoms with Crippen molar-refractivity contribution >= 4 is 24.8 Å². The van der Waals surface area contributed by atoms with Gasteiger partial charge in [0.2, 0.25) is 0 Å². The molecule has 0 aliphatic carbocycles. The molecule has 0 saturated carbocycles. The Kier molecular flexibility index (Phi) is 28.5. The van der Waals surface area contributed by atoms with E-state index in [1.54, 1.807) is 0 Å². The molecule has 0 heterocycles. The SMILES string of the molecule is Cl.Cl.NCCNCCN. The van der Waals surface area contributed by atoms with E-state index in [1.165, 1.54) is 0 Å². The summed E-state index contributed by atoms with van der Waals surface area (Å²) in [5.74, 6) is 0. The first-order valence-corrected chi connectivity index (χ1v) is 2.52. The van der Waals surface area contributed by atoms with Gasteiger partial charge in [-0.2, -0.15) is 0 Å². The van der Waals surface area contributed by atoms with Crippen LogP contribution in [0, 0.1) is 0 Å². The van der Waals surface area contributed by atoms with Gasteiger partial charge in [0.15, 0.2) is 0 Å². The van der Waals surface area contributed by atoms with Crippen molar-refractivity contribution in [2.75, 3.05) is 26.2 Å². The van der Waals surface area contributed by atoms with Crippen LogP contribution in [-0.2, 0) is 0 Å². The molecule has 0 saturated heterocycles. The fourth-order valence-electron chi connectivity index (χ4n) is 0.329. The van der Waals surface area contributed by atoms with E-state index in [-0.39, 0.29) is 24.8 Å². The topological polar surface area (TPSA) is 64.1 Å². The molecular formula is C4H15Cl2N3. The van der Waals surface area contributed by atoms with Crippen molar-refractivity contribution in [3.63, 3.8) is 0 Å². The molecule has 0 amide bonds. The van der Waals surface area contributed by atoms with Gasteiger partial charge in [-0.05, 0) is 0 Å². The summed E-state index contributed by atoms with van der Waals surface area (Å²) < 4.78 is 0. The number of rotatable bonds is 4. The van der Waals surface area contributed by atoms with Crippen LogP contribution < -0.4 is 16.8 Å². The Bertz CT molecular complexity index is 33.0. The summed E-state index contributed by atoms with van der Waals surface area (Å²) in [5.41, 5.74) is 10.3. The number of hydrogen-bond acceptors (Lipinski definition) is 3. The van der Waals surface area contributed by atoms with Gasteiger partial charge in [0.05, 0.1) is 0 Å². The summed E-state index contributed by atoms with van der Waals surface area (Å²) in [6.45, 7) is 3.13. The van der Waals surface area contributed by atoms with E-state index in [4.69, 9.17) is 11.5 Å². The number of nitrogens with one attached hydrogen (secondary N) is 1. The quantitative estimate of drug-likeness (QED) is 0.498. The van der Waals surface area contributed by atoms with Crippen LogP contribution >= 0.6 is 24.8 Å². The van der Waals surface area contributed by atoms with Crippen molar-refractivity contribution in [2.24, 2.45) is 11.5 Å². The summed E-state index contributed by atoms with van der Waals surface area (Å²) >= 11 is 0. The molecule has 3 nitrogen and oxygen atoms in total. The number of hydrogen-bond donors (Lipinski definition) is 3. The molecule has 0 atom stereocenters. The standard InChI is InChI=1S/C4H13N3.2ClH/c5-1-3-7-4-2-6;;/h7H,1-6H2;2*1H. The molecular weight excluding hydrogens is 161 g/mol. The van der Waals surface area contributed by atoms with E-state index in [0.29, 0.717) is 13.1 Å². The first-order chi connectivity index (χ1) is 3.41. The van der Waals surface area contributed by atoms with Crippen LogP contribution in [0.3, 0.4) is 0 Å². The smallest absolute Gasteiger partial charge is 0.00750 e. The molecule has 0 aromatic carbocycles. The van der Waals surface area contributed by atoms with Crippen molar-refractivity contribution < 1.29 is 0 Å². The summed E-state index contributed by atoms with van der Waals surface area (Å²) in [7, 11) is 0. The normalized spacial score (nSPS) is 7.33. The summed E-state index contributed by atoms with van der Waals surface area (Å²) in [6.07, 6.45) is 0. The molecule has 0 fully saturated rings. The monoisotopic (exact) mass is 175 g/mol. The molecule has 0 aromatic heterocycles. The molecule has 0 bridgehead atoms. The predicted octanol–water partition coefficient (Wildman–Crippen LogP) is -0.663. The maximum Gasteiger partial charge on any atom is 0.00750 e. The second kappa shape index (κ2) is 15.8. The van der Waals surface area contributed by atoms with Gasteiger partial charge in [-0.15, -0.1) is 24.8 Å². The Hall–Kier alpha value is 0.460. The van der Waals surface area contributed by atoms with Gasteiger partial charge in [-0.25, -0.2) is 0 Å². The minimum Gasteiger partial charge on any atom is -0.329 e. The molecule has 0 unspecified atom stereocenters. The van der Waals surface area contributed by atoms with Crippen LogP contribution in [0.5, 0.6) is 0 Å². The van der Waals surface area contributed by atoms with Crippen molar-refractivity contribution in [1.29, 1.82) is 0 Å². The van der Waals surface area contributed by atoms with Gasteiger partial charge >= 0.3 is 0 Å². The predicted molar refractivity (Wildman–Crippen MR) is 45.5 cm³/mol. The Morgan fingerprint density at radius 3 is 1.44 bits per heavy atom. The van der Waals surface area contributed by atoms with E-state index >= 15 is 0 Å². The van der Waals surface area contributed by atoms with Crippen LogP contribution in [0.1, 0.15) is 0 Å². The molecule has 60 valence electrons. The lowest BCUT2D eigenvalue weighted by atomic mass is 10.6. The van der Waals surface area contributed by atoms with Gasteiger partial charge in [0.1, 0.15) is 0 Å². The first-order valence-electron chi connectivity index (χ1n) is 2.52. The van der Waals surface area contributed by atoms with Crippen molar-refractivity contribution in [2.45, 2.75) is 0 Å². The van der Waals surface area contributed by atoms with Crippen LogP contribution in [0.15, 0.2) is 0 Å². The van der Waals surface area contributed by atoms with Gasteiger partial charge in [-0.1, -0.05) is 0 Å². The molecule has 0 aromatic rings. The molecule has 0 spiro atoms. The number of halogens is 2. The van der Waals surface area contributed by atoms with Gasteiger partial charge in [0.25, 0.3) is 0 Å². The van der Waals surface area contributed by atoms with Gasteiger partial charge in [-0.3, -0.25) is 0 Å². The van der Waals surface area contributed by atoms with E-state index in [2.05, 4.69) is 5.32 Å². The van der Waals surface area contributed by atoms with Crippen LogP contribution in [0.25, 0.3) is 0 Å². The lowest BCUT2D eigenvalue weighted by Gasteiger charge is -1.95. The summed E-state index contributed by atoms with van der Waals surface area (Å²) in [6, 6.07) is 0. The zero-order valence-corrected chi connectivity index (χ0v) is 6.93. The molecule has 0 aliphatic rings. The summed E-state index contributed by atoms with van der Waals surface area (Å²) in [5, 5.41) is 3.03. The fraction of sp³-hybridized carbons (Fsp3) is 1.00. The maximum absolute atomic E-state index is 5.17. The first kappa shape index (κ1) is 16.2. The summed E-state index contributed by atoms with van der Waals surface area (Å²) in [4.78, 5) is 0. The largest absolute Gasteiger partial charge is 0.329 e. The number of nitrogens with two attached hydrogens (primary N) is 2. The second-order valence-corrected chi connectivity index (χ2v) is 1.33. The third kappa shape index (κ3) is 17.7. The van der Waals surface area contributed by atoms with Crippen molar-refractivity contribution in [3.8, 4) is 0 Å². The zero-order chi connectivity index (χ0) is 5.54. The Morgan fingerprint density at radius 2 is 1.22 bits per heavy atom. The Morgan fingerprint density at radius 1 is 0.889 bits per heavy atom. The zero-order valence-electron chi connectivity index (χ0n) is 5.30. The minimum atomic E-state index is 0. The average Bonchev–Trinajstić information content (AvgIpc) is 1.69.